The molecule has 4 aromatic rings. The Morgan fingerprint density at radius 1 is 1.05 bits per heavy atom. The number of urea groups is 1. The number of carbonyl (C=O) groups excluding carboxylic acids is 2. The van der Waals surface area contributed by atoms with Gasteiger partial charge in [-0.1, -0.05) is 66.2 Å². The molecule has 6 nitrogen and oxygen atoms in total. The number of rotatable bonds is 7. The maximum atomic E-state index is 14.2. The smallest absolute Gasteiger partial charge is 0.337 e. The third-order valence-electron chi connectivity index (χ3n) is 7.91. The van der Waals surface area contributed by atoms with E-state index in [2.05, 4.69) is 47.9 Å². The van der Waals surface area contributed by atoms with Crippen molar-refractivity contribution < 1.29 is 18.7 Å². The lowest BCUT2D eigenvalue weighted by molar-refractivity contribution is 0.0600. The fourth-order valence-electron chi connectivity index (χ4n) is 5.72. The largest absolute Gasteiger partial charge is 0.465 e. The number of anilines is 1. The fourth-order valence-corrected chi connectivity index (χ4v) is 5.95. The molecule has 212 valence electrons. The van der Waals surface area contributed by atoms with Crippen LogP contribution in [-0.2, 0) is 4.74 Å². The zero-order valence-corrected chi connectivity index (χ0v) is 23.8. The van der Waals surface area contributed by atoms with Crippen LogP contribution in [0.5, 0.6) is 0 Å². The van der Waals surface area contributed by atoms with Gasteiger partial charge in [0, 0.05) is 25.7 Å². The lowest BCUT2D eigenvalue weighted by Crippen LogP contribution is -2.47. The zero-order chi connectivity index (χ0) is 28.9. The summed E-state index contributed by atoms with van der Waals surface area (Å²) in [5.74, 6) is -0.628. The van der Waals surface area contributed by atoms with Gasteiger partial charge >= 0.3 is 12.0 Å². The highest BCUT2D eigenvalue weighted by atomic mass is 35.5. The summed E-state index contributed by atoms with van der Waals surface area (Å²) < 4.78 is 18.9. The predicted octanol–water partition coefficient (Wildman–Crippen LogP) is 7.41. The van der Waals surface area contributed by atoms with E-state index < -0.39 is 5.97 Å². The number of nitrogens with zero attached hydrogens (tertiary/aromatic N) is 1. The van der Waals surface area contributed by atoms with E-state index in [0.29, 0.717) is 37.3 Å². The normalized spacial score (nSPS) is 17.7. The molecule has 2 unspecified atom stereocenters. The van der Waals surface area contributed by atoms with Crippen LogP contribution in [0, 0.1) is 11.7 Å². The number of hydrogen-bond donors (Lipinski definition) is 2. The molecule has 1 heterocycles. The molecule has 0 bridgehead atoms. The standard InChI is InChI=1S/C33H33ClFN3O3/c1-21(27-12-6-8-22-7-3-4-11-29(22)27)36-19-25-20-38(16-15-28(25)23-9-5-10-26(35)17-23)33(40)37-31-14-13-24(18-30(31)34)32(39)41-2/h3-14,17-18,21,25,28,36H,15-16,19-20H2,1-2H3,(H,37,40)/t21-,25?,28?/m1/s1. The summed E-state index contributed by atoms with van der Waals surface area (Å²) >= 11 is 6.36. The van der Waals surface area contributed by atoms with E-state index in [1.54, 1.807) is 29.2 Å². The molecule has 1 saturated heterocycles. The molecule has 2 amide bonds. The minimum atomic E-state index is -0.503. The van der Waals surface area contributed by atoms with Gasteiger partial charge in [0.2, 0.25) is 0 Å². The number of methoxy groups -OCH3 is 1. The third-order valence-corrected chi connectivity index (χ3v) is 8.22. The molecule has 4 aromatic carbocycles. The zero-order valence-electron chi connectivity index (χ0n) is 23.1. The van der Waals surface area contributed by atoms with Crippen molar-refractivity contribution in [3.63, 3.8) is 0 Å². The average molecular weight is 574 g/mol. The summed E-state index contributed by atoms with van der Waals surface area (Å²) in [5, 5.41) is 9.22. The van der Waals surface area contributed by atoms with E-state index in [-0.39, 0.29) is 34.7 Å². The number of amides is 2. The summed E-state index contributed by atoms with van der Waals surface area (Å²) in [7, 11) is 1.30. The van der Waals surface area contributed by atoms with Crippen molar-refractivity contribution in [3.8, 4) is 0 Å². The topological polar surface area (TPSA) is 70.7 Å². The van der Waals surface area contributed by atoms with E-state index in [1.807, 2.05) is 18.2 Å². The molecule has 2 N–H and O–H groups in total. The van der Waals surface area contributed by atoms with Crippen molar-refractivity contribution in [2.45, 2.75) is 25.3 Å². The van der Waals surface area contributed by atoms with Crippen LogP contribution in [0.3, 0.4) is 0 Å². The minimum Gasteiger partial charge on any atom is -0.465 e. The Morgan fingerprint density at radius 2 is 1.83 bits per heavy atom. The number of nitrogens with one attached hydrogen (secondary N) is 2. The molecule has 5 rings (SSSR count). The monoisotopic (exact) mass is 573 g/mol. The van der Waals surface area contributed by atoms with Gasteiger partial charge in [0.1, 0.15) is 5.82 Å². The maximum absolute atomic E-state index is 14.2. The number of carbonyl (C=O) groups is 2. The van der Waals surface area contributed by atoms with E-state index in [4.69, 9.17) is 16.3 Å². The van der Waals surface area contributed by atoms with Crippen LogP contribution in [0.4, 0.5) is 14.9 Å². The first-order valence-electron chi connectivity index (χ1n) is 13.7. The van der Waals surface area contributed by atoms with Crippen LogP contribution in [0.1, 0.15) is 46.8 Å². The molecule has 3 atom stereocenters. The highest BCUT2D eigenvalue weighted by Gasteiger charge is 2.33. The number of hydrogen-bond acceptors (Lipinski definition) is 4. The second kappa shape index (κ2) is 12.7. The van der Waals surface area contributed by atoms with Gasteiger partial charge in [0.25, 0.3) is 0 Å². The van der Waals surface area contributed by atoms with E-state index in [1.165, 1.54) is 35.6 Å². The van der Waals surface area contributed by atoms with Gasteiger partial charge in [-0.25, -0.2) is 14.0 Å². The molecule has 0 aromatic heterocycles. The Labute approximate surface area is 244 Å². The van der Waals surface area contributed by atoms with Gasteiger partial charge in [-0.2, -0.15) is 0 Å². The second-order valence-electron chi connectivity index (χ2n) is 10.5. The van der Waals surface area contributed by atoms with E-state index >= 15 is 0 Å². The molecule has 41 heavy (non-hydrogen) atoms. The molecule has 1 aliphatic rings. The molecule has 0 spiro atoms. The average Bonchev–Trinajstić information content (AvgIpc) is 3.00. The number of esters is 1. The van der Waals surface area contributed by atoms with Crippen LogP contribution in [0.15, 0.2) is 84.9 Å². The molecule has 0 saturated carbocycles. The molecule has 0 aliphatic carbocycles. The Balaban J connectivity index is 1.32. The third kappa shape index (κ3) is 6.53. The Morgan fingerprint density at radius 3 is 2.61 bits per heavy atom. The van der Waals surface area contributed by atoms with Crippen molar-refractivity contribution in [2.75, 3.05) is 32.1 Å². The van der Waals surface area contributed by atoms with Crippen LogP contribution in [0.2, 0.25) is 5.02 Å². The highest BCUT2D eigenvalue weighted by Crippen LogP contribution is 2.35. The molecular formula is C33H33ClFN3O3. The van der Waals surface area contributed by atoms with Gasteiger partial charge < -0.3 is 20.3 Å². The lowest BCUT2D eigenvalue weighted by Gasteiger charge is -2.39. The first-order chi connectivity index (χ1) is 19.8. The van der Waals surface area contributed by atoms with Gasteiger partial charge in [-0.05, 0) is 77.4 Å². The van der Waals surface area contributed by atoms with Gasteiger partial charge in [-0.15, -0.1) is 0 Å². The van der Waals surface area contributed by atoms with Gasteiger partial charge in [-0.3, -0.25) is 0 Å². The van der Waals surface area contributed by atoms with Gasteiger partial charge in [0.05, 0.1) is 23.4 Å². The fraction of sp³-hybridized carbons (Fsp3) is 0.273. The van der Waals surface area contributed by atoms with Crippen LogP contribution in [0.25, 0.3) is 10.8 Å². The van der Waals surface area contributed by atoms with E-state index in [9.17, 15) is 14.0 Å². The van der Waals surface area contributed by atoms with Crippen molar-refractivity contribution in [2.24, 2.45) is 5.92 Å². The van der Waals surface area contributed by atoms with Crippen molar-refractivity contribution in [1.29, 1.82) is 0 Å². The Kier molecular flexibility index (Phi) is 8.86. The summed E-state index contributed by atoms with van der Waals surface area (Å²) in [6, 6.07) is 25.8. The summed E-state index contributed by atoms with van der Waals surface area (Å²) in [6.45, 7) is 3.79. The number of piperidine rings is 1. The number of ether oxygens (including phenoxy) is 1. The highest BCUT2D eigenvalue weighted by molar-refractivity contribution is 6.34. The first kappa shape index (κ1) is 28.6. The number of benzene rings is 4. The van der Waals surface area contributed by atoms with Crippen molar-refractivity contribution in [1.82, 2.24) is 10.2 Å². The van der Waals surface area contributed by atoms with Crippen LogP contribution in [-0.4, -0.2) is 43.6 Å². The minimum absolute atomic E-state index is 0.0471. The number of fused-ring (bicyclic) bond motifs is 1. The Hall–Kier alpha value is -3.94. The van der Waals surface area contributed by atoms with E-state index in [0.717, 1.165) is 5.56 Å². The second-order valence-corrected chi connectivity index (χ2v) is 10.9. The van der Waals surface area contributed by atoms with Gasteiger partial charge in [0.15, 0.2) is 0 Å². The molecule has 0 radical (unpaired) electrons. The lowest BCUT2D eigenvalue weighted by atomic mass is 9.80. The maximum Gasteiger partial charge on any atom is 0.337 e. The number of likely N-dealkylation sites (tertiary alicyclic amines) is 1. The summed E-state index contributed by atoms with van der Waals surface area (Å²) in [6.07, 6.45) is 0.695. The summed E-state index contributed by atoms with van der Waals surface area (Å²) in [4.78, 5) is 26.9. The Bertz CT molecular complexity index is 1560. The molecule has 8 heteroatoms. The molecular weight excluding hydrogens is 541 g/mol. The van der Waals surface area contributed by atoms with Crippen LogP contribution >= 0.6 is 11.6 Å². The summed E-state index contributed by atoms with van der Waals surface area (Å²) in [5.41, 5.74) is 2.87. The molecule has 1 aliphatic heterocycles. The first-order valence-corrected chi connectivity index (χ1v) is 14.1. The predicted molar refractivity (Wildman–Crippen MR) is 161 cm³/mol. The van der Waals surface area contributed by atoms with Crippen molar-refractivity contribution in [3.05, 3.63) is 112 Å². The number of halogens is 2. The SMILES string of the molecule is COC(=O)c1ccc(NC(=O)N2CCC(c3cccc(F)c3)C(CN[C@H](C)c3cccc4ccccc34)C2)c(Cl)c1. The quantitative estimate of drug-likeness (QED) is 0.226. The van der Waals surface area contributed by atoms with Crippen LogP contribution < -0.4 is 10.6 Å². The van der Waals surface area contributed by atoms with Crippen molar-refractivity contribution >= 4 is 40.1 Å². The molecule has 1 fully saturated rings.